The Morgan fingerprint density at radius 1 is 0.960 bits per heavy atom. The highest BCUT2D eigenvalue weighted by Crippen LogP contribution is 2.23. The van der Waals surface area contributed by atoms with E-state index in [1.807, 2.05) is 44.2 Å². The molecule has 0 saturated carbocycles. The first-order chi connectivity index (χ1) is 12.0. The van der Waals surface area contributed by atoms with E-state index in [0.29, 0.717) is 5.75 Å². The summed E-state index contributed by atoms with van der Waals surface area (Å²) < 4.78 is 10.6. The predicted octanol–water partition coefficient (Wildman–Crippen LogP) is 4.86. The lowest BCUT2D eigenvalue weighted by atomic mass is 10.1. The topological polar surface area (TPSA) is 38.8 Å². The zero-order chi connectivity index (χ0) is 18.2. The number of benzene rings is 2. The average molecular weight is 341 g/mol. The zero-order valence-electron chi connectivity index (χ0n) is 15.5. The summed E-state index contributed by atoms with van der Waals surface area (Å²) in [6, 6.07) is 13.9. The van der Waals surface area contributed by atoms with Crippen LogP contribution in [-0.2, 0) is 17.9 Å². The van der Waals surface area contributed by atoms with Crippen LogP contribution in [0.3, 0.4) is 0 Å². The minimum Gasteiger partial charge on any atom is -0.429 e. The van der Waals surface area contributed by atoms with Crippen LogP contribution < -0.4 is 4.74 Å². The van der Waals surface area contributed by atoms with Crippen molar-refractivity contribution >= 4 is 6.16 Å². The van der Waals surface area contributed by atoms with Gasteiger partial charge in [0.05, 0.1) is 0 Å². The van der Waals surface area contributed by atoms with Crippen molar-refractivity contribution in [3.8, 4) is 5.75 Å². The fourth-order valence-corrected chi connectivity index (χ4v) is 2.74. The van der Waals surface area contributed by atoms with Gasteiger partial charge in [0.15, 0.2) is 0 Å². The Balaban J connectivity index is 1.93. The van der Waals surface area contributed by atoms with Crippen molar-refractivity contribution in [3.05, 3.63) is 64.7 Å². The van der Waals surface area contributed by atoms with Gasteiger partial charge in [0.25, 0.3) is 0 Å². The molecule has 2 aromatic rings. The van der Waals surface area contributed by atoms with Gasteiger partial charge in [0.1, 0.15) is 12.4 Å². The molecule has 2 rings (SSSR count). The molecule has 0 aliphatic carbocycles. The first-order valence-corrected chi connectivity index (χ1v) is 8.74. The number of carbonyl (C=O) groups excluding carboxylic acids is 1. The summed E-state index contributed by atoms with van der Waals surface area (Å²) >= 11 is 0. The van der Waals surface area contributed by atoms with Crippen molar-refractivity contribution in [2.24, 2.45) is 0 Å². The van der Waals surface area contributed by atoms with Crippen LogP contribution in [0.1, 0.15) is 36.1 Å². The quantitative estimate of drug-likeness (QED) is 0.532. The SMILES string of the molecule is CCN(CC)Cc1cccc(COC(=O)Oc2c(C)cccc2C)c1. The molecule has 0 saturated heterocycles. The molecule has 4 nitrogen and oxygen atoms in total. The maximum absolute atomic E-state index is 12.0. The normalized spacial score (nSPS) is 10.8. The third-order valence-corrected chi connectivity index (χ3v) is 4.24. The fourth-order valence-electron chi connectivity index (χ4n) is 2.74. The molecule has 134 valence electrons. The Morgan fingerprint density at radius 2 is 1.56 bits per heavy atom. The summed E-state index contributed by atoms with van der Waals surface area (Å²) in [6.45, 7) is 11.3. The van der Waals surface area contributed by atoms with Gasteiger partial charge in [0, 0.05) is 6.54 Å². The molecule has 0 amide bonds. The number of carbonyl (C=O) groups is 1. The third-order valence-electron chi connectivity index (χ3n) is 4.24. The van der Waals surface area contributed by atoms with Crippen molar-refractivity contribution in [2.45, 2.75) is 40.8 Å². The molecule has 0 aromatic heterocycles. The summed E-state index contributed by atoms with van der Waals surface area (Å²) in [5.41, 5.74) is 4.01. The zero-order valence-corrected chi connectivity index (χ0v) is 15.5. The summed E-state index contributed by atoms with van der Waals surface area (Å²) in [7, 11) is 0. The van der Waals surface area contributed by atoms with Gasteiger partial charge in [-0.2, -0.15) is 0 Å². The van der Waals surface area contributed by atoms with Crippen LogP contribution in [0.4, 0.5) is 4.79 Å². The van der Waals surface area contributed by atoms with Gasteiger partial charge in [0.2, 0.25) is 0 Å². The van der Waals surface area contributed by atoms with Crippen LogP contribution in [0.5, 0.6) is 5.75 Å². The predicted molar refractivity (Wildman–Crippen MR) is 99.8 cm³/mol. The second kappa shape index (κ2) is 9.23. The van der Waals surface area contributed by atoms with E-state index in [0.717, 1.165) is 36.3 Å². The number of hydrogen-bond donors (Lipinski definition) is 0. The Bertz CT molecular complexity index is 688. The Labute approximate surface area is 150 Å². The van der Waals surface area contributed by atoms with Gasteiger partial charge >= 0.3 is 6.16 Å². The van der Waals surface area contributed by atoms with Crippen molar-refractivity contribution in [1.29, 1.82) is 0 Å². The van der Waals surface area contributed by atoms with E-state index < -0.39 is 6.16 Å². The van der Waals surface area contributed by atoms with E-state index in [9.17, 15) is 4.79 Å². The molecule has 2 aromatic carbocycles. The van der Waals surface area contributed by atoms with Gasteiger partial charge in [-0.3, -0.25) is 4.90 Å². The molecular weight excluding hydrogens is 314 g/mol. The largest absolute Gasteiger partial charge is 0.514 e. The van der Waals surface area contributed by atoms with Gasteiger partial charge < -0.3 is 9.47 Å². The molecule has 0 unspecified atom stereocenters. The van der Waals surface area contributed by atoms with E-state index in [2.05, 4.69) is 30.9 Å². The number of nitrogens with zero attached hydrogens (tertiary/aromatic N) is 1. The van der Waals surface area contributed by atoms with E-state index in [-0.39, 0.29) is 6.61 Å². The van der Waals surface area contributed by atoms with Crippen LogP contribution in [0.2, 0.25) is 0 Å². The molecule has 0 spiro atoms. The number of hydrogen-bond acceptors (Lipinski definition) is 4. The molecule has 0 aliphatic rings. The molecule has 0 fully saturated rings. The molecular formula is C21H27NO3. The number of aryl methyl sites for hydroxylation is 2. The van der Waals surface area contributed by atoms with Crippen LogP contribution >= 0.6 is 0 Å². The smallest absolute Gasteiger partial charge is 0.429 e. The van der Waals surface area contributed by atoms with Gasteiger partial charge in [-0.25, -0.2) is 4.79 Å². The molecule has 0 N–H and O–H groups in total. The van der Waals surface area contributed by atoms with Crippen LogP contribution in [-0.4, -0.2) is 24.1 Å². The first kappa shape index (κ1) is 19.0. The minimum absolute atomic E-state index is 0.204. The average Bonchev–Trinajstić information content (AvgIpc) is 2.61. The highest BCUT2D eigenvalue weighted by atomic mass is 16.7. The van der Waals surface area contributed by atoms with E-state index in [1.54, 1.807) is 0 Å². The van der Waals surface area contributed by atoms with E-state index in [1.165, 1.54) is 5.56 Å². The number of ether oxygens (including phenoxy) is 2. The second-order valence-electron chi connectivity index (χ2n) is 6.14. The number of rotatable bonds is 7. The monoisotopic (exact) mass is 341 g/mol. The number of para-hydroxylation sites is 1. The highest BCUT2D eigenvalue weighted by Gasteiger charge is 2.11. The lowest BCUT2D eigenvalue weighted by Crippen LogP contribution is -2.22. The van der Waals surface area contributed by atoms with Crippen molar-refractivity contribution in [1.82, 2.24) is 4.90 Å². The van der Waals surface area contributed by atoms with Gasteiger partial charge in [-0.15, -0.1) is 0 Å². The molecule has 0 aliphatic heterocycles. The lowest BCUT2D eigenvalue weighted by Gasteiger charge is -2.18. The summed E-state index contributed by atoms with van der Waals surface area (Å²) in [4.78, 5) is 14.3. The van der Waals surface area contributed by atoms with Crippen LogP contribution in [0.25, 0.3) is 0 Å². The maximum atomic E-state index is 12.0. The Morgan fingerprint density at radius 3 is 2.20 bits per heavy atom. The first-order valence-electron chi connectivity index (χ1n) is 8.74. The van der Waals surface area contributed by atoms with Crippen LogP contribution in [0.15, 0.2) is 42.5 Å². The molecule has 0 heterocycles. The van der Waals surface area contributed by atoms with Crippen LogP contribution in [0, 0.1) is 13.8 Å². The van der Waals surface area contributed by atoms with Gasteiger partial charge in [-0.1, -0.05) is 56.3 Å². The standard InChI is InChI=1S/C21H27NO3/c1-5-22(6-2)14-18-11-8-12-19(13-18)15-24-21(23)25-20-16(3)9-7-10-17(20)4/h7-13H,5-6,14-15H2,1-4H3. The second-order valence-corrected chi connectivity index (χ2v) is 6.14. The highest BCUT2D eigenvalue weighted by molar-refractivity contribution is 5.65. The Hall–Kier alpha value is -2.33. The van der Waals surface area contributed by atoms with Crippen molar-refractivity contribution in [3.63, 3.8) is 0 Å². The van der Waals surface area contributed by atoms with E-state index >= 15 is 0 Å². The van der Waals surface area contributed by atoms with E-state index in [4.69, 9.17) is 9.47 Å². The lowest BCUT2D eigenvalue weighted by molar-refractivity contribution is 0.0922. The minimum atomic E-state index is -0.674. The summed E-state index contributed by atoms with van der Waals surface area (Å²) in [5, 5.41) is 0. The molecule has 4 heteroatoms. The van der Waals surface area contributed by atoms with Gasteiger partial charge in [-0.05, 0) is 49.2 Å². The molecule has 0 atom stereocenters. The molecule has 0 radical (unpaired) electrons. The Kier molecular flexibility index (Phi) is 7.02. The third kappa shape index (κ3) is 5.61. The fraction of sp³-hybridized carbons (Fsp3) is 0.381. The maximum Gasteiger partial charge on any atom is 0.514 e. The van der Waals surface area contributed by atoms with Crippen molar-refractivity contribution < 1.29 is 14.3 Å². The van der Waals surface area contributed by atoms with Crippen molar-refractivity contribution in [2.75, 3.05) is 13.1 Å². The molecule has 25 heavy (non-hydrogen) atoms. The summed E-state index contributed by atoms with van der Waals surface area (Å²) in [6.07, 6.45) is -0.674. The molecule has 0 bridgehead atoms. The summed E-state index contributed by atoms with van der Waals surface area (Å²) in [5.74, 6) is 0.572.